The van der Waals surface area contributed by atoms with Crippen molar-refractivity contribution in [1.82, 2.24) is 10.2 Å². The van der Waals surface area contributed by atoms with E-state index in [4.69, 9.17) is 0 Å². The van der Waals surface area contributed by atoms with Crippen LogP contribution in [-0.4, -0.2) is 16.0 Å². The summed E-state index contributed by atoms with van der Waals surface area (Å²) in [5.41, 5.74) is 2.48. The summed E-state index contributed by atoms with van der Waals surface area (Å²) in [6, 6.07) is 9.38. The number of hydrogen-bond donors (Lipinski definition) is 0. The van der Waals surface area contributed by atoms with Crippen LogP contribution in [0, 0.1) is 0 Å². The second-order valence-electron chi connectivity index (χ2n) is 4.24. The predicted octanol–water partition coefficient (Wildman–Crippen LogP) is 2.83. The van der Waals surface area contributed by atoms with E-state index in [2.05, 4.69) is 24.0 Å². The number of benzene rings is 1. The molecule has 0 aliphatic carbocycles. The molecule has 2 aromatic rings. The predicted molar refractivity (Wildman–Crippen MR) is 66.0 cm³/mol. The zero-order valence-electron chi connectivity index (χ0n) is 9.92. The molecule has 0 unspecified atom stereocenters. The highest BCUT2D eigenvalue weighted by atomic mass is 16.1. The van der Waals surface area contributed by atoms with Crippen LogP contribution in [-0.2, 0) is 0 Å². The highest BCUT2D eigenvalue weighted by Gasteiger charge is 2.09. The second-order valence-corrected chi connectivity index (χ2v) is 4.24. The normalized spacial score (nSPS) is 10.5. The molecule has 0 saturated carbocycles. The van der Waals surface area contributed by atoms with E-state index < -0.39 is 0 Å². The van der Waals surface area contributed by atoms with Crippen LogP contribution in [0.25, 0.3) is 0 Å². The lowest BCUT2D eigenvalue weighted by Crippen LogP contribution is -2.02. The van der Waals surface area contributed by atoms with E-state index in [9.17, 15) is 4.79 Å². The smallest absolute Gasteiger partial charge is 0.194 e. The number of carbonyl (C=O) groups is 1. The molecule has 0 spiro atoms. The third kappa shape index (κ3) is 2.56. The Hall–Kier alpha value is -2.03. The Balaban J connectivity index is 2.27. The molecule has 0 saturated heterocycles. The molecule has 0 fully saturated rings. The molecule has 0 N–H and O–H groups in total. The molecule has 86 valence electrons. The number of aromatic nitrogens is 2. The monoisotopic (exact) mass is 226 g/mol. The highest BCUT2D eigenvalue weighted by molar-refractivity contribution is 6.08. The summed E-state index contributed by atoms with van der Waals surface area (Å²) in [6.45, 7) is 4.26. The molecule has 1 aromatic heterocycles. The Kier molecular flexibility index (Phi) is 3.28. The van der Waals surface area contributed by atoms with Gasteiger partial charge in [0, 0.05) is 11.1 Å². The van der Waals surface area contributed by atoms with Crippen molar-refractivity contribution in [3.05, 3.63) is 59.4 Å². The molecule has 2 rings (SSSR count). The molecule has 0 aliphatic rings. The molecule has 1 aromatic carbocycles. The Morgan fingerprint density at radius 3 is 2.24 bits per heavy atom. The maximum atomic E-state index is 12.1. The lowest BCUT2D eigenvalue weighted by Gasteiger charge is -2.06. The van der Waals surface area contributed by atoms with Gasteiger partial charge >= 0.3 is 0 Å². The standard InChI is InChI=1S/C14H14N2O/c1-10(2)11-3-5-12(6-4-11)14(17)13-7-8-15-16-9-13/h3-10H,1-2H3. The van der Waals surface area contributed by atoms with E-state index in [0.717, 1.165) is 0 Å². The Morgan fingerprint density at radius 1 is 1.00 bits per heavy atom. The zero-order chi connectivity index (χ0) is 12.3. The maximum absolute atomic E-state index is 12.1. The molecular formula is C14H14N2O. The fourth-order valence-corrected chi connectivity index (χ4v) is 1.61. The number of carbonyl (C=O) groups excluding carboxylic acids is 1. The molecule has 1 heterocycles. The van der Waals surface area contributed by atoms with Gasteiger partial charge in [0.2, 0.25) is 0 Å². The first kappa shape index (κ1) is 11.5. The number of hydrogen-bond acceptors (Lipinski definition) is 3. The van der Waals surface area contributed by atoms with Crippen LogP contribution in [0.15, 0.2) is 42.7 Å². The molecule has 0 atom stereocenters. The molecule has 0 bridgehead atoms. The fraction of sp³-hybridized carbons (Fsp3) is 0.214. The lowest BCUT2D eigenvalue weighted by molar-refractivity contribution is 0.103. The first-order valence-corrected chi connectivity index (χ1v) is 5.60. The van der Waals surface area contributed by atoms with Crippen molar-refractivity contribution < 1.29 is 4.79 Å². The van der Waals surface area contributed by atoms with Crippen LogP contribution < -0.4 is 0 Å². The third-order valence-electron chi connectivity index (χ3n) is 2.69. The van der Waals surface area contributed by atoms with E-state index >= 15 is 0 Å². The Labute approximate surface area is 101 Å². The van der Waals surface area contributed by atoms with E-state index in [1.165, 1.54) is 18.0 Å². The largest absolute Gasteiger partial charge is 0.289 e. The molecule has 0 radical (unpaired) electrons. The van der Waals surface area contributed by atoms with Gasteiger partial charge in [0.05, 0.1) is 12.4 Å². The van der Waals surface area contributed by atoms with Crippen LogP contribution in [0.4, 0.5) is 0 Å². The number of rotatable bonds is 3. The van der Waals surface area contributed by atoms with Crippen molar-refractivity contribution >= 4 is 5.78 Å². The van der Waals surface area contributed by atoms with Crippen LogP contribution >= 0.6 is 0 Å². The van der Waals surface area contributed by atoms with Gasteiger partial charge in [-0.1, -0.05) is 38.1 Å². The maximum Gasteiger partial charge on any atom is 0.194 e. The topological polar surface area (TPSA) is 42.9 Å². The molecule has 3 heteroatoms. The van der Waals surface area contributed by atoms with Crippen LogP contribution in [0.1, 0.15) is 41.3 Å². The fourth-order valence-electron chi connectivity index (χ4n) is 1.61. The number of nitrogens with zero attached hydrogens (tertiary/aromatic N) is 2. The summed E-state index contributed by atoms with van der Waals surface area (Å²) >= 11 is 0. The van der Waals surface area contributed by atoms with E-state index in [1.54, 1.807) is 6.07 Å². The van der Waals surface area contributed by atoms with Gasteiger partial charge in [-0.15, -0.1) is 0 Å². The van der Waals surface area contributed by atoms with Gasteiger partial charge in [-0.25, -0.2) is 0 Å². The van der Waals surface area contributed by atoms with Crippen LogP contribution in [0.5, 0.6) is 0 Å². The molecule has 0 aliphatic heterocycles. The van der Waals surface area contributed by atoms with Gasteiger partial charge in [-0.3, -0.25) is 4.79 Å². The van der Waals surface area contributed by atoms with Crippen molar-refractivity contribution in [2.24, 2.45) is 0 Å². The quantitative estimate of drug-likeness (QED) is 0.756. The summed E-state index contributed by atoms with van der Waals surface area (Å²) in [7, 11) is 0. The summed E-state index contributed by atoms with van der Waals surface area (Å²) in [5.74, 6) is 0.456. The minimum Gasteiger partial charge on any atom is -0.289 e. The number of ketones is 1. The lowest BCUT2D eigenvalue weighted by atomic mass is 9.99. The SMILES string of the molecule is CC(C)c1ccc(C(=O)c2ccnnc2)cc1. The molecular weight excluding hydrogens is 212 g/mol. The van der Waals surface area contributed by atoms with Gasteiger partial charge in [0.25, 0.3) is 0 Å². The molecule has 17 heavy (non-hydrogen) atoms. The van der Waals surface area contributed by atoms with Crippen LogP contribution in [0.3, 0.4) is 0 Å². The summed E-state index contributed by atoms with van der Waals surface area (Å²) in [4.78, 5) is 12.1. The average Bonchev–Trinajstić information content (AvgIpc) is 2.39. The van der Waals surface area contributed by atoms with E-state index in [0.29, 0.717) is 17.0 Å². The minimum absolute atomic E-state index is 0.0183. The third-order valence-corrected chi connectivity index (χ3v) is 2.69. The van der Waals surface area contributed by atoms with Gasteiger partial charge < -0.3 is 0 Å². The van der Waals surface area contributed by atoms with Crippen molar-refractivity contribution in [2.75, 3.05) is 0 Å². The van der Waals surface area contributed by atoms with E-state index in [1.807, 2.05) is 24.3 Å². The first-order valence-electron chi connectivity index (χ1n) is 5.60. The van der Waals surface area contributed by atoms with Crippen molar-refractivity contribution in [3.63, 3.8) is 0 Å². The summed E-state index contributed by atoms with van der Waals surface area (Å²) in [5, 5.41) is 7.36. The van der Waals surface area contributed by atoms with Gasteiger partial charge in [-0.2, -0.15) is 10.2 Å². The summed E-state index contributed by atoms with van der Waals surface area (Å²) in [6.07, 6.45) is 3.01. The molecule has 0 amide bonds. The summed E-state index contributed by atoms with van der Waals surface area (Å²) < 4.78 is 0. The van der Waals surface area contributed by atoms with Crippen molar-refractivity contribution in [2.45, 2.75) is 19.8 Å². The Morgan fingerprint density at radius 2 is 1.71 bits per heavy atom. The average molecular weight is 226 g/mol. The van der Waals surface area contributed by atoms with Gasteiger partial charge in [0.1, 0.15) is 0 Å². The minimum atomic E-state index is -0.0183. The molecule has 3 nitrogen and oxygen atoms in total. The van der Waals surface area contributed by atoms with E-state index in [-0.39, 0.29) is 5.78 Å². The Bertz CT molecular complexity index is 504. The van der Waals surface area contributed by atoms with Crippen molar-refractivity contribution in [3.8, 4) is 0 Å². The van der Waals surface area contributed by atoms with Crippen molar-refractivity contribution in [1.29, 1.82) is 0 Å². The second kappa shape index (κ2) is 4.87. The van der Waals surface area contributed by atoms with Gasteiger partial charge in [0.15, 0.2) is 5.78 Å². The highest BCUT2D eigenvalue weighted by Crippen LogP contribution is 2.16. The van der Waals surface area contributed by atoms with Crippen LogP contribution in [0.2, 0.25) is 0 Å². The zero-order valence-corrected chi connectivity index (χ0v) is 9.92. The first-order chi connectivity index (χ1) is 8.18. The van der Waals surface area contributed by atoms with Gasteiger partial charge in [-0.05, 0) is 17.5 Å².